The van der Waals surface area contributed by atoms with Crippen LogP contribution in [0.2, 0.25) is 0 Å². The zero-order valence-corrected chi connectivity index (χ0v) is 12.1. The molecule has 0 saturated heterocycles. The highest BCUT2D eigenvalue weighted by molar-refractivity contribution is 5.98. The van der Waals surface area contributed by atoms with E-state index in [4.69, 9.17) is 4.74 Å². The number of carbonyl (C=O) groups is 1. The van der Waals surface area contributed by atoms with E-state index in [2.05, 4.69) is 31.0 Å². The molecule has 1 aromatic rings. The first-order valence-corrected chi connectivity index (χ1v) is 6.77. The molecule has 104 valence electrons. The molecule has 0 spiro atoms. The van der Waals surface area contributed by atoms with Crippen LogP contribution in [-0.4, -0.2) is 24.6 Å². The molecule has 0 radical (unpaired) electrons. The number of benzene rings is 1. The molecule has 0 aromatic heterocycles. The lowest BCUT2D eigenvalue weighted by molar-refractivity contribution is -0.116. The largest absolute Gasteiger partial charge is 0.492 e. The van der Waals surface area contributed by atoms with Gasteiger partial charge in [0.1, 0.15) is 11.4 Å². The van der Waals surface area contributed by atoms with Crippen LogP contribution in [0.3, 0.4) is 0 Å². The van der Waals surface area contributed by atoms with Crippen molar-refractivity contribution in [1.82, 2.24) is 0 Å². The monoisotopic (exact) mass is 262 g/mol. The maximum Gasteiger partial charge on any atom is 0.226 e. The van der Waals surface area contributed by atoms with Gasteiger partial charge in [0.05, 0.1) is 12.3 Å². The predicted molar refractivity (Wildman–Crippen MR) is 78.0 cm³/mol. The number of rotatable bonds is 2. The molecule has 1 N–H and O–H groups in total. The molecule has 0 unspecified atom stereocenters. The third-order valence-electron chi connectivity index (χ3n) is 3.23. The normalized spacial score (nSPS) is 15.6. The highest BCUT2D eigenvalue weighted by atomic mass is 16.5. The summed E-state index contributed by atoms with van der Waals surface area (Å²) in [5.74, 6) is 0.782. The maximum absolute atomic E-state index is 11.9. The molecule has 0 atom stereocenters. The molecule has 1 aliphatic rings. The molecule has 2 rings (SSSR count). The van der Waals surface area contributed by atoms with E-state index in [-0.39, 0.29) is 11.4 Å². The van der Waals surface area contributed by atoms with Crippen LogP contribution in [0.25, 0.3) is 0 Å². The molecule has 4 heteroatoms. The maximum atomic E-state index is 11.9. The van der Waals surface area contributed by atoms with Gasteiger partial charge in [-0.2, -0.15) is 0 Å². The molecular formula is C15H22N2O2. The third kappa shape index (κ3) is 2.83. The number of amides is 1. The number of hydrogen-bond acceptors (Lipinski definition) is 3. The first-order chi connectivity index (χ1) is 8.93. The summed E-state index contributed by atoms with van der Waals surface area (Å²) in [5.41, 5.74) is 1.79. The Kier molecular flexibility index (Phi) is 3.69. The van der Waals surface area contributed by atoms with Crippen molar-refractivity contribution in [2.75, 3.05) is 23.4 Å². The fraction of sp³-hybridized carbons (Fsp3) is 0.533. The van der Waals surface area contributed by atoms with Crippen molar-refractivity contribution in [3.05, 3.63) is 18.2 Å². The minimum atomic E-state index is -0.0358. The Bertz CT molecular complexity index is 478. The van der Waals surface area contributed by atoms with Crippen molar-refractivity contribution in [2.24, 2.45) is 0 Å². The summed E-state index contributed by atoms with van der Waals surface area (Å²) in [6, 6.07) is 5.91. The van der Waals surface area contributed by atoms with E-state index in [9.17, 15) is 4.79 Å². The van der Waals surface area contributed by atoms with Crippen LogP contribution in [0.4, 0.5) is 11.4 Å². The fourth-order valence-electron chi connectivity index (χ4n) is 2.38. The van der Waals surface area contributed by atoms with E-state index in [1.54, 1.807) is 0 Å². The Labute approximate surface area is 114 Å². The average Bonchev–Trinajstić information content (AvgIpc) is 2.48. The lowest BCUT2D eigenvalue weighted by atomic mass is 10.0. The Morgan fingerprint density at radius 1 is 1.37 bits per heavy atom. The van der Waals surface area contributed by atoms with E-state index in [0.29, 0.717) is 13.0 Å². The topological polar surface area (TPSA) is 41.6 Å². The van der Waals surface area contributed by atoms with E-state index in [1.807, 2.05) is 25.1 Å². The minimum Gasteiger partial charge on any atom is -0.492 e. The van der Waals surface area contributed by atoms with Gasteiger partial charge in [0.2, 0.25) is 5.91 Å². The van der Waals surface area contributed by atoms with E-state index < -0.39 is 0 Å². The first-order valence-electron chi connectivity index (χ1n) is 6.77. The highest BCUT2D eigenvalue weighted by Gasteiger charge is 2.29. The van der Waals surface area contributed by atoms with Gasteiger partial charge >= 0.3 is 0 Å². The number of ether oxygens (including phenoxy) is 1. The van der Waals surface area contributed by atoms with Crippen LogP contribution < -0.4 is 15.0 Å². The Balaban J connectivity index is 2.52. The quantitative estimate of drug-likeness (QED) is 0.890. The summed E-state index contributed by atoms with van der Waals surface area (Å²) in [7, 11) is 0. The molecular weight excluding hydrogens is 240 g/mol. The van der Waals surface area contributed by atoms with Gasteiger partial charge in [-0.05, 0) is 39.8 Å². The summed E-state index contributed by atoms with van der Waals surface area (Å²) < 4.78 is 5.63. The van der Waals surface area contributed by atoms with Crippen molar-refractivity contribution in [3.63, 3.8) is 0 Å². The molecule has 0 aliphatic carbocycles. The Morgan fingerprint density at radius 3 is 2.74 bits per heavy atom. The number of para-hydroxylation sites is 1. The molecule has 19 heavy (non-hydrogen) atoms. The second kappa shape index (κ2) is 5.11. The van der Waals surface area contributed by atoms with E-state index in [1.165, 1.54) is 0 Å². The van der Waals surface area contributed by atoms with Gasteiger partial charge in [0.25, 0.3) is 0 Å². The summed E-state index contributed by atoms with van der Waals surface area (Å²) >= 11 is 0. The summed E-state index contributed by atoms with van der Waals surface area (Å²) in [4.78, 5) is 14.1. The van der Waals surface area contributed by atoms with Crippen LogP contribution in [0, 0.1) is 0 Å². The predicted octanol–water partition coefficient (Wildman–Crippen LogP) is 3.03. The zero-order valence-electron chi connectivity index (χ0n) is 12.1. The number of fused-ring (bicyclic) bond motifs is 1. The average molecular weight is 262 g/mol. The van der Waals surface area contributed by atoms with Crippen molar-refractivity contribution < 1.29 is 9.53 Å². The molecule has 1 aromatic carbocycles. The van der Waals surface area contributed by atoms with Gasteiger partial charge < -0.3 is 15.0 Å². The first kappa shape index (κ1) is 13.7. The second-order valence-corrected chi connectivity index (χ2v) is 5.70. The van der Waals surface area contributed by atoms with Crippen molar-refractivity contribution in [1.29, 1.82) is 0 Å². The van der Waals surface area contributed by atoms with Gasteiger partial charge in [-0.25, -0.2) is 0 Å². The van der Waals surface area contributed by atoms with Gasteiger partial charge in [0.15, 0.2) is 0 Å². The lowest BCUT2D eigenvalue weighted by Crippen LogP contribution is -2.42. The molecule has 1 heterocycles. The van der Waals surface area contributed by atoms with E-state index in [0.717, 1.165) is 23.7 Å². The van der Waals surface area contributed by atoms with Crippen LogP contribution in [0.5, 0.6) is 5.75 Å². The van der Waals surface area contributed by atoms with Crippen molar-refractivity contribution in [3.8, 4) is 5.75 Å². The van der Waals surface area contributed by atoms with Crippen molar-refractivity contribution >= 4 is 17.3 Å². The number of nitrogens with one attached hydrogen (secondary N) is 1. The Hall–Kier alpha value is -1.71. The standard InChI is InChI=1S/C15H22N2O2/c1-5-19-12-8-6-7-11-14(12)16-13(18)9-10-17(11)15(2,3)4/h6-8H,5,9-10H2,1-4H3,(H,16,18). The minimum absolute atomic E-state index is 0.0358. The van der Waals surface area contributed by atoms with Crippen LogP contribution in [0.15, 0.2) is 18.2 Å². The molecule has 0 bridgehead atoms. The molecule has 1 aliphatic heterocycles. The highest BCUT2D eigenvalue weighted by Crippen LogP contribution is 2.39. The molecule has 4 nitrogen and oxygen atoms in total. The van der Waals surface area contributed by atoms with Gasteiger partial charge in [-0.1, -0.05) is 6.07 Å². The molecule has 0 saturated carbocycles. The summed E-state index contributed by atoms with van der Waals surface area (Å²) in [6.07, 6.45) is 0.498. The Morgan fingerprint density at radius 2 is 2.11 bits per heavy atom. The van der Waals surface area contributed by atoms with Gasteiger partial charge in [0, 0.05) is 18.5 Å². The zero-order chi connectivity index (χ0) is 14.0. The summed E-state index contributed by atoms with van der Waals surface area (Å²) in [6.45, 7) is 9.71. The van der Waals surface area contributed by atoms with Gasteiger partial charge in [-0.3, -0.25) is 4.79 Å². The van der Waals surface area contributed by atoms with Crippen LogP contribution >= 0.6 is 0 Å². The van der Waals surface area contributed by atoms with E-state index >= 15 is 0 Å². The number of carbonyl (C=O) groups excluding carboxylic acids is 1. The van der Waals surface area contributed by atoms with Crippen LogP contribution in [0.1, 0.15) is 34.1 Å². The smallest absolute Gasteiger partial charge is 0.226 e. The van der Waals surface area contributed by atoms with Gasteiger partial charge in [-0.15, -0.1) is 0 Å². The third-order valence-corrected chi connectivity index (χ3v) is 3.23. The van der Waals surface area contributed by atoms with Crippen LogP contribution in [-0.2, 0) is 4.79 Å². The molecule has 0 fully saturated rings. The second-order valence-electron chi connectivity index (χ2n) is 5.70. The fourth-order valence-corrected chi connectivity index (χ4v) is 2.38. The lowest BCUT2D eigenvalue weighted by Gasteiger charge is -2.37. The number of nitrogens with zero attached hydrogens (tertiary/aromatic N) is 1. The number of anilines is 2. The summed E-state index contributed by atoms with van der Waals surface area (Å²) in [5, 5.41) is 2.97. The number of hydrogen-bond donors (Lipinski definition) is 1. The molecule has 1 amide bonds. The van der Waals surface area contributed by atoms with Crippen molar-refractivity contribution in [2.45, 2.75) is 39.7 Å². The SMILES string of the molecule is CCOc1cccc2c1NC(=O)CCN2C(C)(C)C.